The molecule has 0 aliphatic rings. The Kier molecular flexibility index (Phi) is 12.1. The van der Waals surface area contributed by atoms with Crippen LogP contribution in [-0.4, -0.2) is 63.9 Å². The van der Waals surface area contributed by atoms with Crippen LogP contribution in [0.4, 0.5) is 0 Å². The number of carbonyl (C=O) groups excluding carboxylic acids is 1. The predicted molar refractivity (Wildman–Crippen MR) is 77.4 cm³/mol. The van der Waals surface area contributed by atoms with Gasteiger partial charge in [0.2, 0.25) is 0 Å². The first kappa shape index (κ1) is 22.2. The summed E-state index contributed by atoms with van der Waals surface area (Å²) < 4.78 is 0. The van der Waals surface area contributed by atoms with E-state index in [1.807, 2.05) is 6.92 Å². The summed E-state index contributed by atoms with van der Waals surface area (Å²) in [5.74, 6) is -0.582. The molecule has 0 saturated heterocycles. The van der Waals surface area contributed by atoms with Crippen molar-refractivity contribution in [1.82, 2.24) is 5.32 Å². The lowest BCUT2D eigenvalue weighted by Gasteiger charge is -2.26. The minimum Gasteiger partial charge on any atom is -0.692 e. The number of nitrogens with one attached hydrogen (secondary N) is 1. The van der Waals surface area contributed by atoms with Gasteiger partial charge in [0.1, 0.15) is 24.9 Å². The fourth-order valence-electron chi connectivity index (χ4n) is 2.06. The van der Waals surface area contributed by atoms with Crippen molar-refractivity contribution in [2.45, 2.75) is 63.9 Å². The van der Waals surface area contributed by atoms with Gasteiger partial charge in [0.25, 0.3) is 5.91 Å². The molecule has 0 saturated carbocycles. The molecule has 0 radical (unpaired) electrons. The molecule has 23 heavy (non-hydrogen) atoms. The molecule has 0 aromatic rings. The van der Waals surface area contributed by atoms with Crippen molar-refractivity contribution in [2.75, 3.05) is 13.2 Å². The normalized spacial score (nSPS) is 18.0. The number of amides is 1. The van der Waals surface area contributed by atoms with Gasteiger partial charge >= 0.3 is 0 Å². The highest BCUT2D eigenvalue weighted by Gasteiger charge is 2.34. The number of aliphatic hydroxyl groups is 4. The molecular weight excluding hydrogens is 310 g/mol. The van der Waals surface area contributed by atoms with Crippen molar-refractivity contribution in [1.29, 1.82) is 0 Å². The van der Waals surface area contributed by atoms with Crippen LogP contribution in [0.15, 0.2) is 0 Å². The number of unbranched alkanes of at least 4 members (excludes halogenated alkanes) is 1. The van der Waals surface area contributed by atoms with Gasteiger partial charge in [-0.3, -0.25) is 9.83 Å². The van der Waals surface area contributed by atoms with E-state index in [-0.39, 0.29) is 5.92 Å². The number of carbonyl (C=O) groups is 1. The van der Waals surface area contributed by atoms with Gasteiger partial charge < -0.3 is 31.0 Å². The zero-order valence-electron chi connectivity index (χ0n) is 13.6. The topological polar surface area (TPSA) is 152 Å². The maximum Gasteiger partial charge on any atom is 0.251 e. The van der Waals surface area contributed by atoms with Gasteiger partial charge in [0.15, 0.2) is 6.10 Å². The SMILES string of the molecule is CCCCC(CC)CNC(=O)[C@H](O)[C@@H](O)[C@H](O)[C@H](O)COO[O-]. The predicted octanol–water partition coefficient (Wildman–Crippen LogP) is -2.01. The van der Waals surface area contributed by atoms with Gasteiger partial charge in [-0.15, -0.1) is 0 Å². The van der Waals surface area contributed by atoms with E-state index in [1.54, 1.807) is 0 Å². The van der Waals surface area contributed by atoms with E-state index >= 15 is 0 Å². The Bertz CT molecular complexity index is 317. The summed E-state index contributed by atoms with van der Waals surface area (Å²) in [6.07, 6.45) is -3.54. The molecule has 5 atom stereocenters. The molecule has 0 aromatic carbocycles. The number of rotatable bonds is 13. The zero-order valence-corrected chi connectivity index (χ0v) is 13.6. The van der Waals surface area contributed by atoms with Crippen LogP contribution >= 0.6 is 0 Å². The summed E-state index contributed by atoms with van der Waals surface area (Å²) in [6.45, 7) is 3.70. The third-order valence-corrected chi connectivity index (χ3v) is 3.73. The van der Waals surface area contributed by atoms with Crippen LogP contribution in [0.1, 0.15) is 39.5 Å². The quantitative estimate of drug-likeness (QED) is 0.191. The van der Waals surface area contributed by atoms with E-state index in [0.717, 1.165) is 25.7 Å². The molecule has 0 aromatic heterocycles. The molecule has 1 unspecified atom stereocenters. The van der Waals surface area contributed by atoms with Crippen molar-refractivity contribution < 1.29 is 40.4 Å². The second kappa shape index (κ2) is 12.6. The summed E-state index contributed by atoms with van der Waals surface area (Å²) >= 11 is 0. The second-order valence-corrected chi connectivity index (χ2v) is 5.51. The Labute approximate surface area is 135 Å². The molecule has 9 nitrogen and oxygen atoms in total. The molecule has 5 N–H and O–H groups in total. The fraction of sp³-hybridized carbons (Fsp3) is 0.929. The summed E-state index contributed by atoms with van der Waals surface area (Å²) in [5, 5.41) is 53.6. The maximum atomic E-state index is 11.8. The Hall–Kier alpha value is -0.810. The second-order valence-electron chi connectivity index (χ2n) is 5.51. The van der Waals surface area contributed by atoms with Crippen molar-refractivity contribution in [3.05, 3.63) is 0 Å². The highest BCUT2D eigenvalue weighted by molar-refractivity contribution is 5.81. The maximum absolute atomic E-state index is 11.8. The van der Waals surface area contributed by atoms with E-state index in [1.165, 1.54) is 0 Å². The lowest BCUT2D eigenvalue weighted by Crippen LogP contribution is -2.52. The van der Waals surface area contributed by atoms with Crippen LogP contribution in [-0.2, 0) is 14.7 Å². The van der Waals surface area contributed by atoms with Crippen LogP contribution in [0.5, 0.6) is 0 Å². The van der Waals surface area contributed by atoms with Crippen LogP contribution < -0.4 is 10.6 Å². The molecule has 0 bridgehead atoms. The van der Waals surface area contributed by atoms with Gasteiger partial charge in [0, 0.05) is 6.54 Å². The Morgan fingerprint density at radius 3 is 2.35 bits per heavy atom. The van der Waals surface area contributed by atoms with Crippen molar-refractivity contribution in [2.24, 2.45) is 5.92 Å². The standard InChI is InChI=1S/C14H29NO8/c1-3-5-6-9(4-2)7-15-14(20)13(19)12(18)11(17)10(16)8-22-23-21/h9-13,16-19,21H,3-8H2,1-2H3,(H,15,20)/p-1/t9?,10-,11-,12+,13-/m1/s1. The van der Waals surface area contributed by atoms with Crippen molar-refractivity contribution in [3.8, 4) is 0 Å². The molecule has 0 aliphatic carbocycles. The minimum absolute atomic E-state index is 0.265. The van der Waals surface area contributed by atoms with Crippen LogP contribution in [0, 0.1) is 5.92 Å². The van der Waals surface area contributed by atoms with Gasteiger partial charge in [-0.25, -0.2) is 4.89 Å². The van der Waals surface area contributed by atoms with Crippen molar-refractivity contribution in [3.63, 3.8) is 0 Å². The Morgan fingerprint density at radius 2 is 1.83 bits per heavy atom. The molecule has 0 spiro atoms. The number of hydrogen-bond donors (Lipinski definition) is 5. The summed E-state index contributed by atoms with van der Waals surface area (Å²) in [5.41, 5.74) is 0. The highest BCUT2D eigenvalue weighted by atomic mass is 17.5. The minimum atomic E-state index is -1.93. The number of aliphatic hydroxyl groups excluding tert-OH is 4. The van der Waals surface area contributed by atoms with Gasteiger partial charge in [-0.1, -0.05) is 33.1 Å². The first-order valence-electron chi connectivity index (χ1n) is 7.80. The third kappa shape index (κ3) is 8.56. The van der Waals surface area contributed by atoms with E-state index in [2.05, 4.69) is 22.2 Å². The largest absolute Gasteiger partial charge is 0.692 e. The molecule has 0 fully saturated rings. The molecular formula is C14H28NO8-. The average Bonchev–Trinajstić information content (AvgIpc) is 2.57. The van der Waals surface area contributed by atoms with E-state index < -0.39 is 36.9 Å². The summed E-state index contributed by atoms with van der Waals surface area (Å²) in [4.78, 5) is 15.7. The number of hydrogen-bond acceptors (Lipinski definition) is 8. The third-order valence-electron chi connectivity index (χ3n) is 3.73. The fourth-order valence-corrected chi connectivity index (χ4v) is 2.06. The average molecular weight is 338 g/mol. The van der Waals surface area contributed by atoms with E-state index in [4.69, 9.17) is 0 Å². The molecule has 138 valence electrons. The first-order chi connectivity index (χ1) is 10.9. The van der Waals surface area contributed by atoms with Crippen LogP contribution in [0.2, 0.25) is 0 Å². The summed E-state index contributed by atoms with van der Waals surface area (Å²) in [7, 11) is 0. The lowest BCUT2D eigenvalue weighted by molar-refractivity contribution is -0.800. The van der Waals surface area contributed by atoms with Crippen LogP contribution in [0.3, 0.4) is 0 Å². The molecule has 1 amide bonds. The van der Waals surface area contributed by atoms with Crippen molar-refractivity contribution >= 4 is 5.91 Å². The first-order valence-corrected chi connectivity index (χ1v) is 7.80. The smallest absolute Gasteiger partial charge is 0.251 e. The van der Waals surface area contributed by atoms with E-state index in [0.29, 0.717) is 6.54 Å². The monoisotopic (exact) mass is 338 g/mol. The zero-order chi connectivity index (χ0) is 17.8. The molecule has 0 aliphatic heterocycles. The summed E-state index contributed by atoms with van der Waals surface area (Å²) in [6, 6.07) is 0. The van der Waals surface area contributed by atoms with Gasteiger partial charge in [-0.05, 0) is 12.3 Å². The lowest BCUT2D eigenvalue weighted by atomic mass is 9.98. The van der Waals surface area contributed by atoms with Crippen LogP contribution in [0.25, 0.3) is 0 Å². The Balaban J connectivity index is 4.34. The van der Waals surface area contributed by atoms with Gasteiger partial charge in [-0.2, -0.15) is 0 Å². The molecule has 9 heteroatoms. The van der Waals surface area contributed by atoms with Gasteiger partial charge in [0.05, 0.1) is 0 Å². The molecule has 0 heterocycles. The highest BCUT2D eigenvalue weighted by Crippen LogP contribution is 2.12. The Morgan fingerprint density at radius 1 is 1.17 bits per heavy atom. The molecule has 0 rings (SSSR count). The van der Waals surface area contributed by atoms with E-state index in [9.17, 15) is 30.5 Å².